The molecule has 0 amide bonds. The Morgan fingerprint density at radius 1 is 0.829 bits per heavy atom. The summed E-state index contributed by atoms with van der Waals surface area (Å²) in [4.78, 5) is 0. The molecule has 3 heterocycles. The lowest BCUT2D eigenvalue weighted by atomic mass is 9.56. The first kappa shape index (κ1) is 25.4. The van der Waals surface area contributed by atoms with Crippen molar-refractivity contribution >= 4 is 0 Å². The molecule has 0 radical (unpaired) electrons. The molecule has 3 aliphatic rings. The molecule has 3 aromatic rings. The monoisotopic (exact) mass is 532 g/mol. The van der Waals surface area contributed by atoms with Crippen LogP contribution in [0.2, 0.25) is 0 Å². The Kier molecular flexibility index (Phi) is 7.66. The molecule has 0 saturated carbocycles. The molecule has 182 valence electrons. The van der Waals surface area contributed by atoms with Crippen LogP contribution in [0.25, 0.3) is 0 Å². The Bertz CT molecular complexity index is 1080. The summed E-state index contributed by atoms with van der Waals surface area (Å²) in [7, 11) is 0. The van der Waals surface area contributed by atoms with Crippen LogP contribution in [0.15, 0.2) is 84.9 Å². The molecule has 0 atom stereocenters. The zero-order valence-electron chi connectivity index (χ0n) is 20.1. The van der Waals surface area contributed by atoms with E-state index in [1.807, 2.05) is 48.5 Å². The van der Waals surface area contributed by atoms with Crippen molar-refractivity contribution < 1.29 is 31.3 Å². The fourth-order valence-corrected chi connectivity index (χ4v) is 6.30. The van der Waals surface area contributed by atoms with Crippen molar-refractivity contribution in [3.8, 4) is 11.8 Å². The van der Waals surface area contributed by atoms with E-state index in [0.29, 0.717) is 12.2 Å². The van der Waals surface area contributed by atoms with E-state index >= 15 is 0 Å². The van der Waals surface area contributed by atoms with Crippen LogP contribution < -0.4 is 21.7 Å². The topological polar surface area (TPSA) is 53.2 Å². The van der Waals surface area contributed by atoms with Crippen LogP contribution in [0.1, 0.15) is 42.4 Å². The highest BCUT2D eigenvalue weighted by Gasteiger charge is 2.60. The number of nitrogens with zero attached hydrogens (tertiary/aromatic N) is 2. The lowest BCUT2D eigenvalue weighted by Crippen LogP contribution is -3.00. The van der Waals surface area contributed by atoms with Crippen molar-refractivity contribution in [2.75, 3.05) is 32.8 Å². The van der Waals surface area contributed by atoms with E-state index in [1.54, 1.807) is 12.1 Å². The Hall–Kier alpha value is -2.65. The molecule has 35 heavy (non-hydrogen) atoms. The van der Waals surface area contributed by atoms with Gasteiger partial charge in [-0.3, -0.25) is 0 Å². The zero-order valence-corrected chi connectivity index (χ0v) is 21.7. The van der Waals surface area contributed by atoms with Gasteiger partial charge in [0.2, 0.25) is 0 Å². The van der Waals surface area contributed by atoms with Gasteiger partial charge in [-0.1, -0.05) is 60.7 Å². The standard InChI is InChI=1S/C30H33N2O2.BrH/c31-24-25-12-14-28(15-13-25)34-23-7-19-32-20-16-29(17-21-32,18-22-32)30(33,26-8-3-1-4-9-26)27-10-5-2-6-11-27;/h1-6,8-15,33H,7,16-23H2;1H/q+1;/p-1. The number of quaternary nitrogens is 1. The lowest BCUT2D eigenvalue weighted by Gasteiger charge is -2.60. The first-order chi connectivity index (χ1) is 16.6. The molecular weight excluding hydrogens is 500 g/mol. The number of fused-ring (bicyclic) bond motifs is 3. The molecular formula is C30H33BrN2O2. The molecule has 6 rings (SSSR count). The molecule has 3 aromatic carbocycles. The fraction of sp³-hybridized carbons (Fsp3) is 0.367. The van der Waals surface area contributed by atoms with Crippen LogP contribution in [0.3, 0.4) is 0 Å². The van der Waals surface area contributed by atoms with Crippen LogP contribution in [0.5, 0.6) is 5.75 Å². The summed E-state index contributed by atoms with van der Waals surface area (Å²) >= 11 is 0. The molecule has 3 fully saturated rings. The highest BCUT2D eigenvalue weighted by Crippen LogP contribution is 2.57. The maximum atomic E-state index is 12.5. The molecule has 0 spiro atoms. The van der Waals surface area contributed by atoms with E-state index in [2.05, 4.69) is 30.3 Å². The minimum Gasteiger partial charge on any atom is -1.00 e. The van der Waals surface area contributed by atoms with Gasteiger partial charge in [0, 0.05) is 31.1 Å². The Balaban J connectivity index is 0.00000289. The number of hydrogen-bond donors (Lipinski definition) is 1. The Labute approximate surface area is 219 Å². The first-order valence-electron chi connectivity index (χ1n) is 12.4. The summed E-state index contributed by atoms with van der Waals surface area (Å²) in [5.41, 5.74) is 1.58. The second-order valence-electron chi connectivity index (χ2n) is 10.0. The first-order valence-corrected chi connectivity index (χ1v) is 12.4. The minimum absolute atomic E-state index is 0. The summed E-state index contributed by atoms with van der Waals surface area (Å²) in [5.74, 6) is 0.825. The summed E-state index contributed by atoms with van der Waals surface area (Å²) in [5, 5.41) is 21.4. The Morgan fingerprint density at radius 3 is 1.83 bits per heavy atom. The second-order valence-corrected chi connectivity index (χ2v) is 10.0. The van der Waals surface area contributed by atoms with Crippen LogP contribution in [-0.2, 0) is 5.60 Å². The molecule has 4 nitrogen and oxygen atoms in total. The van der Waals surface area contributed by atoms with Crippen molar-refractivity contribution in [3.63, 3.8) is 0 Å². The number of aliphatic hydroxyl groups is 1. The highest BCUT2D eigenvalue weighted by atomic mass is 79.9. The summed E-state index contributed by atoms with van der Waals surface area (Å²) in [6, 6.07) is 30.1. The third kappa shape index (κ3) is 4.76. The minimum atomic E-state index is -0.968. The van der Waals surface area contributed by atoms with E-state index in [9.17, 15) is 5.11 Å². The van der Waals surface area contributed by atoms with Crippen molar-refractivity contribution in [1.29, 1.82) is 5.26 Å². The number of piperidine rings is 3. The lowest BCUT2D eigenvalue weighted by molar-refractivity contribution is -0.946. The van der Waals surface area contributed by atoms with E-state index in [-0.39, 0.29) is 22.4 Å². The van der Waals surface area contributed by atoms with Gasteiger partial charge in [0.05, 0.1) is 44.4 Å². The molecule has 0 unspecified atom stereocenters. The zero-order chi connectivity index (χ0) is 23.5. The van der Waals surface area contributed by atoms with Crippen LogP contribution in [0, 0.1) is 16.7 Å². The summed E-state index contributed by atoms with van der Waals surface area (Å²) in [6.45, 7) is 5.13. The van der Waals surface area contributed by atoms with Crippen LogP contribution in [-0.4, -0.2) is 42.4 Å². The third-order valence-corrected chi connectivity index (χ3v) is 8.37. The number of benzene rings is 3. The Morgan fingerprint density at radius 2 is 1.34 bits per heavy atom. The quantitative estimate of drug-likeness (QED) is 0.357. The second kappa shape index (κ2) is 10.5. The van der Waals surface area contributed by atoms with Crippen LogP contribution in [0.4, 0.5) is 0 Å². The number of hydrogen-bond acceptors (Lipinski definition) is 3. The smallest absolute Gasteiger partial charge is 0.121 e. The molecule has 5 heteroatoms. The fourth-order valence-electron chi connectivity index (χ4n) is 6.30. The normalized spacial score (nSPS) is 23.2. The summed E-state index contributed by atoms with van der Waals surface area (Å²) in [6.07, 6.45) is 4.10. The molecule has 0 aromatic heterocycles. The molecule has 2 bridgehead atoms. The van der Waals surface area contributed by atoms with Gasteiger partial charge in [-0.2, -0.15) is 5.26 Å². The largest absolute Gasteiger partial charge is 1.00 e. The van der Waals surface area contributed by atoms with Gasteiger partial charge in [0.1, 0.15) is 11.4 Å². The van der Waals surface area contributed by atoms with E-state index in [1.165, 1.54) is 0 Å². The molecule has 3 saturated heterocycles. The van der Waals surface area contributed by atoms with Crippen LogP contribution >= 0.6 is 0 Å². The number of nitriles is 1. The summed E-state index contributed by atoms with van der Waals surface area (Å²) < 4.78 is 7.07. The van der Waals surface area contributed by atoms with Crippen molar-refractivity contribution in [2.24, 2.45) is 5.41 Å². The van der Waals surface area contributed by atoms with E-state index in [4.69, 9.17) is 10.00 Å². The van der Waals surface area contributed by atoms with Crippen molar-refractivity contribution in [2.45, 2.75) is 31.3 Å². The van der Waals surface area contributed by atoms with Gasteiger partial charge < -0.3 is 31.3 Å². The number of rotatable bonds is 8. The van der Waals surface area contributed by atoms with E-state index < -0.39 is 5.60 Å². The van der Waals surface area contributed by atoms with E-state index in [0.717, 1.165) is 73.2 Å². The number of ether oxygens (including phenoxy) is 1. The van der Waals surface area contributed by atoms with Crippen molar-refractivity contribution in [3.05, 3.63) is 102 Å². The number of halogens is 1. The van der Waals surface area contributed by atoms with Gasteiger partial charge in [-0.15, -0.1) is 0 Å². The molecule has 1 N–H and O–H groups in total. The average molecular weight is 534 g/mol. The molecule has 0 aliphatic carbocycles. The van der Waals surface area contributed by atoms with Gasteiger partial charge in [0.15, 0.2) is 0 Å². The van der Waals surface area contributed by atoms with Gasteiger partial charge >= 0.3 is 0 Å². The van der Waals surface area contributed by atoms with Crippen molar-refractivity contribution in [1.82, 2.24) is 0 Å². The van der Waals surface area contributed by atoms with Gasteiger partial charge in [-0.25, -0.2) is 0 Å². The molecule has 3 aliphatic heterocycles. The maximum Gasteiger partial charge on any atom is 0.121 e. The SMILES string of the molecule is N#Cc1ccc(OCCC[N+]23CCC(C(O)(c4ccccc4)c4ccccc4)(CC2)CC3)cc1.[Br-]. The predicted octanol–water partition coefficient (Wildman–Crippen LogP) is 2.27. The van der Waals surface area contributed by atoms with Gasteiger partial charge in [0.25, 0.3) is 0 Å². The average Bonchev–Trinajstić information content (AvgIpc) is 2.93. The van der Waals surface area contributed by atoms with Gasteiger partial charge in [-0.05, 0) is 35.4 Å². The predicted molar refractivity (Wildman–Crippen MR) is 133 cm³/mol. The highest BCUT2D eigenvalue weighted by molar-refractivity contribution is 5.39. The third-order valence-electron chi connectivity index (χ3n) is 8.37. The maximum absolute atomic E-state index is 12.5.